The second kappa shape index (κ2) is 9.00. The van der Waals surface area contributed by atoms with Gasteiger partial charge in [-0.15, -0.1) is 0 Å². The van der Waals surface area contributed by atoms with Gasteiger partial charge in [-0.2, -0.15) is 0 Å². The van der Waals surface area contributed by atoms with E-state index in [1.807, 2.05) is 48.5 Å². The van der Waals surface area contributed by atoms with E-state index in [4.69, 9.17) is 9.47 Å². The van der Waals surface area contributed by atoms with Gasteiger partial charge in [0, 0.05) is 12.5 Å². The fraction of sp³-hybridized carbons (Fsp3) is 0.423. The summed E-state index contributed by atoms with van der Waals surface area (Å²) in [5, 5.41) is 12.5. The number of aliphatic carboxylic acids is 1. The summed E-state index contributed by atoms with van der Waals surface area (Å²) < 4.78 is 10.9. The maximum Gasteiger partial charge on any atom is 0.410 e. The quantitative estimate of drug-likeness (QED) is 0.693. The highest BCUT2D eigenvalue weighted by atomic mass is 16.6. The molecule has 2 aromatic carbocycles. The monoisotopic (exact) mass is 466 g/mol. The van der Waals surface area contributed by atoms with Gasteiger partial charge in [0.25, 0.3) is 0 Å². The summed E-state index contributed by atoms with van der Waals surface area (Å²) in [6.45, 7) is 5.47. The number of ether oxygens (including phenoxy) is 2. The molecule has 0 unspecified atom stereocenters. The lowest BCUT2D eigenvalue weighted by atomic mass is 9.89. The number of piperidine rings is 1. The van der Waals surface area contributed by atoms with E-state index < -0.39 is 29.3 Å². The molecule has 0 spiro atoms. The molecule has 8 nitrogen and oxygen atoms in total. The number of likely N-dealkylation sites (tertiary alicyclic amines) is 1. The minimum absolute atomic E-state index is 0.0747. The molecule has 2 N–H and O–H groups in total. The number of hydrogen-bond acceptors (Lipinski definition) is 5. The molecular formula is C26H30N2O6. The number of fused-ring (bicyclic) bond motifs is 3. The molecule has 1 heterocycles. The Kier molecular flexibility index (Phi) is 6.25. The van der Waals surface area contributed by atoms with E-state index in [0.29, 0.717) is 13.0 Å². The van der Waals surface area contributed by atoms with Gasteiger partial charge in [0.1, 0.15) is 12.2 Å². The Morgan fingerprint density at radius 2 is 1.65 bits per heavy atom. The summed E-state index contributed by atoms with van der Waals surface area (Å²) in [5.41, 5.74) is 2.00. The van der Waals surface area contributed by atoms with Crippen molar-refractivity contribution in [2.45, 2.75) is 50.7 Å². The SMILES string of the molecule is CC(C)(C)OC(=O)N1CCC[C@@](NC(=O)OCC2c3ccccc3-c3ccccc32)(C(=O)O)C1. The topological polar surface area (TPSA) is 105 Å². The first-order valence-corrected chi connectivity index (χ1v) is 11.4. The van der Waals surface area contributed by atoms with Gasteiger partial charge in [0.05, 0.1) is 6.54 Å². The van der Waals surface area contributed by atoms with Crippen LogP contribution < -0.4 is 5.32 Å². The Balaban J connectivity index is 1.45. The van der Waals surface area contributed by atoms with Crippen molar-refractivity contribution in [3.05, 3.63) is 59.7 Å². The molecule has 1 atom stereocenters. The number of carbonyl (C=O) groups excluding carboxylic acids is 2. The molecule has 1 saturated heterocycles. The molecular weight excluding hydrogens is 436 g/mol. The first-order valence-electron chi connectivity index (χ1n) is 11.4. The van der Waals surface area contributed by atoms with Gasteiger partial charge in [-0.1, -0.05) is 48.5 Å². The lowest BCUT2D eigenvalue weighted by Crippen LogP contribution is -2.64. The van der Waals surface area contributed by atoms with Gasteiger partial charge < -0.3 is 24.8 Å². The Morgan fingerprint density at radius 1 is 1.06 bits per heavy atom. The number of alkyl carbamates (subject to hydrolysis) is 1. The van der Waals surface area contributed by atoms with Gasteiger partial charge >= 0.3 is 18.2 Å². The molecule has 0 saturated carbocycles. The third-order valence-electron chi connectivity index (χ3n) is 6.24. The molecule has 2 aliphatic rings. The van der Waals surface area contributed by atoms with Crippen molar-refractivity contribution in [1.29, 1.82) is 0 Å². The number of rotatable bonds is 4. The van der Waals surface area contributed by atoms with Crippen LogP contribution in [0.25, 0.3) is 11.1 Å². The summed E-state index contributed by atoms with van der Waals surface area (Å²) in [6, 6.07) is 16.0. The number of carbonyl (C=O) groups is 3. The third kappa shape index (κ3) is 4.71. The number of amides is 2. The maximum absolute atomic E-state index is 12.8. The highest BCUT2D eigenvalue weighted by Crippen LogP contribution is 2.44. The number of hydrogen-bond donors (Lipinski definition) is 2. The van der Waals surface area contributed by atoms with E-state index in [2.05, 4.69) is 5.32 Å². The zero-order valence-corrected chi connectivity index (χ0v) is 19.7. The number of nitrogens with zero attached hydrogens (tertiary/aromatic N) is 1. The fourth-order valence-electron chi connectivity index (χ4n) is 4.70. The van der Waals surface area contributed by atoms with Crippen LogP contribution >= 0.6 is 0 Å². The number of nitrogens with one attached hydrogen (secondary N) is 1. The smallest absolute Gasteiger partial charge is 0.410 e. The van der Waals surface area contributed by atoms with Gasteiger partial charge in [-0.25, -0.2) is 14.4 Å². The van der Waals surface area contributed by atoms with E-state index in [0.717, 1.165) is 22.3 Å². The van der Waals surface area contributed by atoms with Gasteiger partial charge in [0.15, 0.2) is 5.54 Å². The first kappa shape index (κ1) is 23.6. The Morgan fingerprint density at radius 3 is 2.21 bits per heavy atom. The number of carboxylic acids is 1. The van der Waals surface area contributed by atoms with Crippen LogP contribution in [-0.2, 0) is 14.3 Å². The average molecular weight is 467 g/mol. The first-order chi connectivity index (χ1) is 16.1. The lowest BCUT2D eigenvalue weighted by molar-refractivity contribution is -0.147. The van der Waals surface area contributed by atoms with Gasteiger partial charge in [-0.3, -0.25) is 0 Å². The molecule has 0 aromatic heterocycles. The molecule has 0 bridgehead atoms. The van der Waals surface area contributed by atoms with Crippen LogP contribution in [0.1, 0.15) is 50.7 Å². The van der Waals surface area contributed by atoms with E-state index in [1.54, 1.807) is 20.8 Å². The van der Waals surface area contributed by atoms with Crippen LogP contribution in [0.15, 0.2) is 48.5 Å². The summed E-state index contributed by atoms with van der Waals surface area (Å²) in [5.74, 6) is -1.35. The van der Waals surface area contributed by atoms with Crippen LogP contribution in [0.3, 0.4) is 0 Å². The van der Waals surface area contributed by atoms with Gasteiger partial charge in [-0.05, 0) is 55.9 Å². The lowest BCUT2D eigenvalue weighted by Gasteiger charge is -2.40. The standard InChI is InChI=1S/C26H30N2O6/c1-25(2,3)34-24(32)28-14-8-13-26(16-28,22(29)30)27-23(31)33-15-21-19-11-6-4-9-17(19)18-10-5-7-12-20(18)21/h4-7,9-12,21H,8,13-16H2,1-3H3,(H,27,31)(H,29,30)/t26-/m0/s1. The maximum atomic E-state index is 12.8. The highest BCUT2D eigenvalue weighted by molar-refractivity contribution is 5.86. The zero-order valence-electron chi connectivity index (χ0n) is 19.7. The normalized spacial score (nSPS) is 19.7. The molecule has 1 aliphatic heterocycles. The number of carboxylic acid groups (broad SMARTS) is 1. The van der Waals surface area contributed by atoms with Crippen LogP contribution in [0.4, 0.5) is 9.59 Å². The summed E-state index contributed by atoms with van der Waals surface area (Å²) >= 11 is 0. The fourth-order valence-corrected chi connectivity index (χ4v) is 4.70. The third-order valence-corrected chi connectivity index (χ3v) is 6.24. The van der Waals surface area contributed by atoms with Crippen LogP contribution in [-0.4, -0.2) is 59.0 Å². The van der Waals surface area contributed by atoms with Crippen molar-refractivity contribution < 1.29 is 29.0 Å². The molecule has 34 heavy (non-hydrogen) atoms. The van der Waals surface area contributed by atoms with E-state index >= 15 is 0 Å². The molecule has 1 aliphatic carbocycles. The van der Waals surface area contributed by atoms with Crippen LogP contribution in [0, 0.1) is 0 Å². The second-order valence-corrected chi connectivity index (χ2v) is 9.84. The van der Waals surface area contributed by atoms with Crippen molar-refractivity contribution in [2.75, 3.05) is 19.7 Å². The van der Waals surface area contributed by atoms with Crippen molar-refractivity contribution >= 4 is 18.2 Å². The minimum atomic E-state index is -1.64. The zero-order chi connectivity index (χ0) is 24.5. The predicted molar refractivity (Wildman–Crippen MR) is 126 cm³/mol. The van der Waals surface area contributed by atoms with Gasteiger partial charge in [0.2, 0.25) is 0 Å². The average Bonchev–Trinajstić information content (AvgIpc) is 3.10. The summed E-state index contributed by atoms with van der Waals surface area (Å²) in [6.07, 6.45) is -0.830. The summed E-state index contributed by atoms with van der Waals surface area (Å²) in [7, 11) is 0. The Labute approximate surface area is 198 Å². The Hall–Kier alpha value is -3.55. The minimum Gasteiger partial charge on any atom is -0.479 e. The molecule has 8 heteroatoms. The van der Waals surface area contributed by atoms with Crippen molar-refractivity contribution in [3.8, 4) is 11.1 Å². The molecule has 1 fully saturated rings. The number of benzene rings is 2. The molecule has 180 valence electrons. The van der Waals surface area contributed by atoms with E-state index in [-0.39, 0.29) is 25.5 Å². The second-order valence-electron chi connectivity index (χ2n) is 9.84. The van der Waals surface area contributed by atoms with Crippen LogP contribution in [0.2, 0.25) is 0 Å². The van der Waals surface area contributed by atoms with Crippen molar-refractivity contribution in [1.82, 2.24) is 10.2 Å². The highest BCUT2D eigenvalue weighted by Gasteiger charge is 2.46. The summed E-state index contributed by atoms with van der Waals surface area (Å²) in [4.78, 5) is 38.8. The van der Waals surface area contributed by atoms with Crippen molar-refractivity contribution in [3.63, 3.8) is 0 Å². The Bertz CT molecular complexity index is 1060. The van der Waals surface area contributed by atoms with E-state index in [1.165, 1.54) is 4.90 Å². The molecule has 0 radical (unpaired) electrons. The molecule has 2 amide bonds. The largest absolute Gasteiger partial charge is 0.479 e. The van der Waals surface area contributed by atoms with Crippen molar-refractivity contribution in [2.24, 2.45) is 0 Å². The van der Waals surface area contributed by atoms with E-state index in [9.17, 15) is 19.5 Å². The molecule has 4 rings (SSSR count). The predicted octanol–water partition coefficient (Wildman–Crippen LogP) is 4.38. The molecule has 2 aromatic rings. The van der Waals surface area contributed by atoms with Crippen LogP contribution in [0.5, 0.6) is 0 Å².